The molecule has 0 atom stereocenters. The molecule has 2 rings (SSSR count). The van der Waals surface area contributed by atoms with E-state index < -0.39 is 0 Å². The van der Waals surface area contributed by atoms with Crippen molar-refractivity contribution >= 4 is 28.9 Å². The van der Waals surface area contributed by atoms with Crippen LogP contribution in [0.5, 0.6) is 0 Å². The number of aromatic amines is 1. The number of amides is 1. The molecule has 0 fully saturated rings. The number of benzene rings is 1. The van der Waals surface area contributed by atoms with Crippen molar-refractivity contribution in [3.63, 3.8) is 0 Å². The summed E-state index contributed by atoms with van der Waals surface area (Å²) in [4.78, 5) is 12.3. The summed E-state index contributed by atoms with van der Waals surface area (Å²) in [7, 11) is 1.76. The number of aromatic nitrogens is 2. The Morgan fingerprint density at radius 2 is 2.11 bits per heavy atom. The van der Waals surface area contributed by atoms with Crippen molar-refractivity contribution in [2.24, 2.45) is 0 Å². The number of nitrogens with zero attached hydrogens (tertiary/aromatic N) is 1. The maximum atomic E-state index is 12.3. The molecular formula is C13H15ClN4O. The second-order valence-corrected chi connectivity index (χ2v) is 4.64. The van der Waals surface area contributed by atoms with Gasteiger partial charge in [-0.2, -0.15) is 5.10 Å². The van der Waals surface area contributed by atoms with Crippen LogP contribution >= 0.6 is 11.6 Å². The summed E-state index contributed by atoms with van der Waals surface area (Å²) in [5.74, 6) is -0.223. The molecule has 0 radical (unpaired) electrons. The number of carbonyl (C=O) groups is 1. The first kappa shape index (κ1) is 13.4. The van der Waals surface area contributed by atoms with Crippen LogP contribution in [-0.2, 0) is 0 Å². The van der Waals surface area contributed by atoms with Gasteiger partial charge in [0.25, 0.3) is 5.91 Å². The maximum Gasteiger partial charge on any atom is 0.257 e. The molecule has 1 aromatic carbocycles. The predicted molar refractivity (Wildman–Crippen MR) is 77.0 cm³/mol. The lowest BCUT2D eigenvalue weighted by molar-refractivity contribution is 0.102. The molecule has 5 nitrogen and oxygen atoms in total. The molecule has 0 saturated heterocycles. The van der Waals surface area contributed by atoms with Crippen LogP contribution in [-0.4, -0.2) is 23.2 Å². The third-order valence-corrected chi connectivity index (χ3v) is 3.10. The average molecular weight is 279 g/mol. The molecule has 1 aromatic heterocycles. The van der Waals surface area contributed by atoms with Gasteiger partial charge in [0.15, 0.2) is 0 Å². The molecule has 0 unspecified atom stereocenters. The number of aryl methyl sites for hydroxylation is 2. The zero-order chi connectivity index (χ0) is 14.0. The van der Waals surface area contributed by atoms with Crippen LogP contribution in [0, 0.1) is 13.8 Å². The Bertz CT molecular complexity index is 602. The van der Waals surface area contributed by atoms with Crippen LogP contribution in [0.2, 0.25) is 5.02 Å². The number of nitrogens with one attached hydrogen (secondary N) is 3. The summed E-state index contributed by atoms with van der Waals surface area (Å²) in [5, 5.41) is 13.2. The normalized spacial score (nSPS) is 10.3. The highest BCUT2D eigenvalue weighted by Crippen LogP contribution is 2.23. The van der Waals surface area contributed by atoms with E-state index in [-0.39, 0.29) is 5.91 Å². The van der Waals surface area contributed by atoms with Crippen LogP contribution in [0.1, 0.15) is 21.7 Å². The molecule has 0 aliphatic heterocycles. The molecule has 0 aliphatic rings. The highest BCUT2D eigenvalue weighted by molar-refractivity contribution is 6.31. The molecular weight excluding hydrogens is 264 g/mol. The first-order valence-corrected chi connectivity index (χ1v) is 6.21. The minimum atomic E-state index is -0.223. The lowest BCUT2D eigenvalue weighted by atomic mass is 10.1. The topological polar surface area (TPSA) is 69.8 Å². The first-order valence-electron chi connectivity index (χ1n) is 5.83. The minimum Gasteiger partial charge on any atom is -0.387 e. The Balaban J connectivity index is 2.32. The van der Waals surface area contributed by atoms with Crippen molar-refractivity contribution < 1.29 is 4.79 Å². The SMILES string of the molecule is CNc1ccc(Cl)cc1C(=O)Nc1c(C)n[nH]c1C. The fourth-order valence-electron chi connectivity index (χ4n) is 1.84. The van der Waals surface area contributed by atoms with Gasteiger partial charge in [-0.25, -0.2) is 0 Å². The van der Waals surface area contributed by atoms with Crippen molar-refractivity contribution in [3.05, 3.63) is 40.2 Å². The molecule has 1 amide bonds. The van der Waals surface area contributed by atoms with Crippen LogP contribution < -0.4 is 10.6 Å². The van der Waals surface area contributed by atoms with Crippen LogP contribution in [0.4, 0.5) is 11.4 Å². The maximum absolute atomic E-state index is 12.3. The van der Waals surface area contributed by atoms with Gasteiger partial charge in [-0.3, -0.25) is 9.89 Å². The van der Waals surface area contributed by atoms with Gasteiger partial charge in [0, 0.05) is 17.8 Å². The van der Waals surface area contributed by atoms with Gasteiger partial charge in [0.2, 0.25) is 0 Å². The number of hydrogen-bond acceptors (Lipinski definition) is 3. The number of carbonyl (C=O) groups excluding carboxylic acids is 1. The molecule has 2 aromatic rings. The molecule has 1 heterocycles. The number of halogens is 1. The molecule has 6 heteroatoms. The molecule has 0 spiro atoms. The quantitative estimate of drug-likeness (QED) is 0.808. The average Bonchev–Trinajstić information content (AvgIpc) is 2.70. The summed E-state index contributed by atoms with van der Waals surface area (Å²) >= 11 is 5.94. The van der Waals surface area contributed by atoms with Crippen molar-refractivity contribution in [3.8, 4) is 0 Å². The van der Waals surface area contributed by atoms with Gasteiger partial charge in [-0.15, -0.1) is 0 Å². The Morgan fingerprint density at radius 1 is 1.37 bits per heavy atom. The standard InChI is InChI=1S/C13H15ClN4O/c1-7-12(8(2)18-17-7)16-13(19)10-6-9(14)4-5-11(10)15-3/h4-6,15H,1-3H3,(H,16,19)(H,17,18). The van der Waals surface area contributed by atoms with Gasteiger partial charge in [-0.05, 0) is 32.0 Å². The van der Waals surface area contributed by atoms with E-state index in [2.05, 4.69) is 20.8 Å². The molecule has 100 valence electrons. The van der Waals surface area contributed by atoms with E-state index >= 15 is 0 Å². The smallest absolute Gasteiger partial charge is 0.257 e. The van der Waals surface area contributed by atoms with Gasteiger partial charge < -0.3 is 10.6 Å². The van der Waals surface area contributed by atoms with E-state index in [1.165, 1.54) is 0 Å². The van der Waals surface area contributed by atoms with Crippen LogP contribution in [0.25, 0.3) is 0 Å². The molecule has 3 N–H and O–H groups in total. The first-order chi connectivity index (χ1) is 9.02. The Kier molecular flexibility index (Phi) is 3.76. The summed E-state index contributed by atoms with van der Waals surface area (Å²) in [6.07, 6.45) is 0. The minimum absolute atomic E-state index is 0.223. The summed E-state index contributed by atoms with van der Waals surface area (Å²) in [5.41, 5.74) is 3.49. The number of H-pyrrole nitrogens is 1. The van der Waals surface area contributed by atoms with E-state index in [1.807, 2.05) is 13.8 Å². The lowest BCUT2D eigenvalue weighted by Gasteiger charge is -2.10. The number of anilines is 2. The van der Waals surface area contributed by atoms with Crippen molar-refractivity contribution in [1.82, 2.24) is 10.2 Å². The molecule has 0 bridgehead atoms. The second-order valence-electron chi connectivity index (χ2n) is 4.20. The fourth-order valence-corrected chi connectivity index (χ4v) is 2.01. The van der Waals surface area contributed by atoms with Gasteiger partial charge in [0.1, 0.15) is 0 Å². The third-order valence-electron chi connectivity index (χ3n) is 2.86. The summed E-state index contributed by atoms with van der Waals surface area (Å²) < 4.78 is 0. The van der Waals surface area contributed by atoms with E-state index in [4.69, 9.17) is 11.6 Å². The largest absolute Gasteiger partial charge is 0.387 e. The lowest BCUT2D eigenvalue weighted by Crippen LogP contribution is -2.15. The monoisotopic (exact) mass is 278 g/mol. The van der Waals surface area contributed by atoms with Crippen molar-refractivity contribution in [2.45, 2.75) is 13.8 Å². The van der Waals surface area contributed by atoms with Gasteiger partial charge in [0.05, 0.1) is 22.6 Å². The third kappa shape index (κ3) is 2.71. The highest BCUT2D eigenvalue weighted by atomic mass is 35.5. The molecule has 19 heavy (non-hydrogen) atoms. The predicted octanol–water partition coefficient (Wildman–Crippen LogP) is 2.97. The number of rotatable bonds is 3. The molecule has 0 saturated carbocycles. The zero-order valence-corrected chi connectivity index (χ0v) is 11.7. The van der Waals surface area contributed by atoms with Crippen molar-refractivity contribution in [1.29, 1.82) is 0 Å². The van der Waals surface area contributed by atoms with Crippen LogP contribution in [0.3, 0.4) is 0 Å². The van der Waals surface area contributed by atoms with Crippen molar-refractivity contribution in [2.75, 3.05) is 17.7 Å². The second kappa shape index (κ2) is 5.32. The Hall–Kier alpha value is -2.01. The van der Waals surface area contributed by atoms with E-state index in [0.717, 1.165) is 17.1 Å². The van der Waals surface area contributed by atoms with E-state index in [1.54, 1.807) is 25.2 Å². The van der Waals surface area contributed by atoms with Gasteiger partial charge >= 0.3 is 0 Å². The van der Waals surface area contributed by atoms with E-state index in [9.17, 15) is 4.79 Å². The summed E-state index contributed by atoms with van der Waals surface area (Å²) in [6.45, 7) is 3.68. The zero-order valence-electron chi connectivity index (χ0n) is 11.0. The van der Waals surface area contributed by atoms with Crippen LogP contribution in [0.15, 0.2) is 18.2 Å². The molecule has 0 aliphatic carbocycles. The Morgan fingerprint density at radius 3 is 2.68 bits per heavy atom. The van der Waals surface area contributed by atoms with Gasteiger partial charge in [-0.1, -0.05) is 11.6 Å². The highest BCUT2D eigenvalue weighted by Gasteiger charge is 2.15. The van der Waals surface area contributed by atoms with E-state index in [0.29, 0.717) is 16.3 Å². The fraction of sp³-hybridized carbons (Fsp3) is 0.231. The summed E-state index contributed by atoms with van der Waals surface area (Å²) in [6, 6.07) is 5.14. The number of hydrogen-bond donors (Lipinski definition) is 3. The Labute approximate surface area is 116 Å².